The van der Waals surface area contributed by atoms with Crippen molar-refractivity contribution in [3.63, 3.8) is 0 Å². The van der Waals surface area contributed by atoms with E-state index < -0.39 is 17.5 Å². The summed E-state index contributed by atoms with van der Waals surface area (Å²) in [7, 11) is 0. The quantitative estimate of drug-likeness (QED) is 0.811. The highest BCUT2D eigenvalue weighted by Crippen LogP contribution is 2.21. The van der Waals surface area contributed by atoms with Crippen LogP contribution in [0.2, 0.25) is 0 Å². The van der Waals surface area contributed by atoms with E-state index in [0.29, 0.717) is 4.47 Å². The SMILES string of the molecule is NC(=S)c1c(F)cccc1NC(=O)c1cc(Br)ccc1F. The Balaban J connectivity index is 2.39. The molecule has 0 saturated heterocycles. The molecule has 0 heterocycles. The zero-order valence-corrected chi connectivity index (χ0v) is 12.9. The predicted octanol–water partition coefficient (Wildman–Crippen LogP) is 3.61. The van der Waals surface area contributed by atoms with Crippen molar-refractivity contribution in [2.24, 2.45) is 5.73 Å². The first-order valence-corrected chi connectivity index (χ1v) is 6.95. The molecule has 0 aromatic heterocycles. The fourth-order valence-electron chi connectivity index (χ4n) is 1.74. The Morgan fingerprint density at radius 2 is 1.90 bits per heavy atom. The maximum Gasteiger partial charge on any atom is 0.258 e. The minimum atomic E-state index is -0.725. The molecule has 0 unspecified atom stereocenters. The van der Waals surface area contributed by atoms with Crippen LogP contribution < -0.4 is 11.1 Å². The maximum atomic E-state index is 13.7. The van der Waals surface area contributed by atoms with Gasteiger partial charge in [-0.2, -0.15) is 0 Å². The lowest BCUT2D eigenvalue weighted by Gasteiger charge is -2.11. The van der Waals surface area contributed by atoms with E-state index in [4.69, 9.17) is 18.0 Å². The highest BCUT2D eigenvalue weighted by atomic mass is 79.9. The van der Waals surface area contributed by atoms with E-state index >= 15 is 0 Å². The third kappa shape index (κ3) is 3.43. The molecule has 2 aromatic rings. The second kappa shape index (κ2) is 6.28. The van der Waals surface area contributed by atoms with Crippen LogP contribution in [0.5, 0.6) is 0 Å². The summed E-state index contributed by atoms with van der Waals surface area (Å²) in [5.74, 6) is -2.07. The molecule has 0 bridgehead atoms. The molecule has 0 fully saturated rings. The lowest BCUT2D eigenvalue weighted by Crippen LogP contribution is -2.19. The molecule has 0 spiro atoms. The summed E-state index contributed by atoms with van der Waals surface area (Å²) in [5, 5.41) is 2.41. The third-order valence-corrected chi connectivity index (χ3v) is 3.38. The molecule has 108 valence electrons. The Bertz CT molecular complexity index is 737. The van der Waals surface area contributed by atoms with Gasteiger partial charge < -0.3 is 11.1 Å². The second-order valence-corrected chi connectivity index (χ2v) is 5.46. The predicted molar refractivity (Wildman–Crippen MR) is 84.3 cm³/mol. The van der Waals surface area contributed by atoms with Gasteiger partial charge in [-0.3, -0.25) is 4.79 Å². The highest BCUT2D eigenvalue weighted by molar-refractivity contribution is 9.10. The largest absolute Gasteiger partial charge is 0.389 e. The molecule has 0 radical (unpaired) electrons. The third-order valence-electron chi connectivity index (χ3n) is 2.68. The first kappa shape index (κ1) is 15.5. The number of hydrogen-bond acceptors (Lipinski definition) is 2. The van der Waals surface area contributed by atoms with E-state index in [0.717, 1.165) is 6.07 Å². The van der Waals surface area contributed by atoms with Crippen LogP contribution in [0.15, 0.2) is 40.9 Å². The maximum absolute atomic E-state index is 13.7. The van der Waals surface area contributed by atoms with Gasteiger partial charge in [0.2, 0.25) is 0 Å². The fourth-order valence-corrected chi connectivity index (χ4v) is 2.31. The smallest absolute Gasteiger partial charge is 0.258 e. The van der Waals surface area contributed by atoms with Crippen LogP contribution in [0.25, 0.3) is 0 Å². The molecule has 2 rings (SSSR count). The van der Waals surface area contributed by atoms with Crippen molar-refractivity contribution >= 4 is 44.7 Å². The number of anilines is 1. The summed E-state index contributed by atoms with van der Waals surface area (Å²) in [5.41, 5.74) is 5.27. The molecule has 0 aliphatic carbocycles. The number of benzene rings is 2. The van der Waals surface area contributed by atoms with Gasteiger partial charge in [-0.1, -0.05) is 34.2 Å². The van der Waals surface area contributed by atoms with Gasteiger partial charge in [-0.05, 0) is 30.3 Å². The van der Waals surface area contributed by atoms with Crippen LogP contribution >= 0.6 is 28.1 Å². The van der Waals surface area contributed by atoms with Crippen molar-refractivity contribution in [3.05, 3.63) is 63.6 Å². The Kier molecular flexibility index (Phi) is 4.64. The van der Waals surface area contributed by atoms with Crippen molar-refractivity contribution < 1.29 is 13.6 Å². The summed E-state index contributed by atoms with van der Waals surface area (Å²) in [4.78, 5) is 11.9. The summed E-state index contributed by atoms with van der Waals surface area (Å²) in [6.45, 7) is 0. The summed E-state index contributed by atoms with van der Waals surface area (Å²) in [6, 6.07) is 7.94. The van der Waals surface area contributed by atoms with Crippen molar-refractivity contribution in [1.29, 1.82) is 0 Å². The van der Waals surface area contributed by atoms with Gasteiger partial charge in [0.15, 0.2) is 0 Å². The molecule has 0 saturated carbocycles. The average molecular weight is 371 g/mol. The number of thiocarbonyl (C=S) groups is 1. The van der Waals surface area contributed by atoms with Crippen LogP contribution in [0.4, 0.5) is 14.5 Å². The lowest BCUT2D eigenvalue weighted by atomic mass is 10.1. The number of hydrogen-bond donors (Lipinski definition) is 2. The number of rotatable bonds is 3. The van der Waals surface area contributed by atoms with E-state index in [1.165, 1.54) is 30.3 Å². The summed E-state index contributed by atoms with van der Waals surface area (Å²) in [6.07, 6.45) is 0. The van der Waals surface area contributed by atoms with Gasteiger partial charge in [0.25, 0.3) is 5.91 Å². The van der Waals surface area contributed by atoms with Crippen LogP contribution in [0.1, 0.15) is 15.9 Å². The number of halogens is 3. The summed E-state index contributed by atoms with van der Waals surface area (Å²) >= 11 is 7.91. The van der Waals surface area contributed by atoms with Gasteiger partial charge in [0.1, 0.15) is 16.6 Å². The molecule has 21 heavy (non-hydrogen) atoms. The first-order valence-electron chi connectivity index (χ1n) is 5.75. The first-order chi connectivity index (χ1) is 9.90. The van der Waals surface area contributed by atoms with Gasteiger partial charge in [-0.15, -0.1) is 0 Å². The van der Waals surface area contributed by atoms with Crippen molar-refractivity contribution in [2.75, 3.05) is 5.32 Å². The normalized spacial score (nSPS) is 10.2. The van der Waals surface area contributed by atoms with E-state index in [1.54, 1.807) is 0 Å². The Morgan fingerprint density at radius 3 is 2.57 bits per heavy atom. The molecule has 0 aliphatic heterocycles. The van der Waals surface area contributed by atoms with Crippen molar-refractivity contribution in [1.82, 2.24) is 0 Å². The Hall–Kier alpha value is -1.86. The molecule has 7 heteroatoms. The van der Waals surface area contributed by atoms with Crippen LogP contribution in [0, 0.1) is 11.6 Å². The zero-order valence-electron chi connectivity index (χ0n) is 10.5. The number of carbonyl (C=O) groups excluding carboxylic acids is 1. The monoisotopic (exact) mass is 370 g/mol. The number of carbonyl (C=O) groups is 1. The number of amides is 1. The van der Waals surface area contributed by atoms with Gasteiger partial charge in [0, 0.05) is 4.47 Å². The van der Waals surface area contributed by atoms with Crippen molar-refractivity contribution in [3.8, 4) is 0 Å². The molecule has 1 amide bonds. The second-order valence-electron chi connectivity index (χ2n) is 4.10. The molecule has 2 aromatic carbocycles. The van der Waals surface area contributed by atoms with Gasteiger partial charge in [0.05, 0.1) is 16.8 Å². The number of nitrogens with two attached hydrogens (primary N) is 1. The van der Waals surface area contributed by atoms with E-state index in [9.17, 15) is 13.6 Å². The van der Waals surface area contributed by atoms with E-state index in [-0.39, 0.29) is 21.8 Å². The minimum absolute atomic E-state index is 0.0868. The topological polar surface area (TPSA) is 55.1 Å². The average Bonchev–Trinajstić information content (AvgIpc) is 2.41. The Labute approximate surface area is 133 Å². The van der Waals surface area contributed by atoms with Crippen LogP contribution in [-0.2, 0) is 0 Å². The number of nitrogens with one attached hydrogen (secondary N) is 1. The molecule has 0 atom stereocenters. The molecule has 3 nitrogen and oxygen atoms in total. The molecular formula is C14H9BrF2N2OS. The zero-order chi connectivity index (χ0) is 15.6. The minimum Gasteiger partial charge on any atom is -0.389 e. The van der Waals surface area contributed by atoms with Gasteiger partial charge in [-0.25, -0.2) is 8.78 Å². The highest BCUT2D eigenvalue weighted by Gasteiger charge is 2.17. The standard InChI is InChI=1S/C14H9BrF2N2OS/c15-7-4-5-9(16)8(6-7)14(20)19-11-3-1-2-10(17)12(11)13(18)21/h1-6H,(H2,18,21)(H,19,20). The fraction of sp³-hybridized carbons (Fsp3) is 0. The molecular weight excluding hydrogens is 362 g/mol. The molecule has 3 N–H and O–H groups in total. The van der Waals surface area contributed by atoms with Crippen LogP contribution in [-0.4, -0.2) is 10.9 Å². The van der Waals surface area contributed by atoms with Crippen LogP contribution in [0.3, 0.4) is 0 Å². The Morgan fingerprint density at radius 1 is 1.19 bits per heavy atom. The lowest BCUT2D eigenvalue weighted by molar-refractivity contribution is 0.102. The van der Waals surface area contributed by atoms with E-state index in [2.05, 4.69) is 21.2 Å². The summed E-state index contributed by atoms with van der Waals surface area (Å²) < 4.78 is 27.9. The van der Waals surface area contributed by atoms with E-state index in [1.807, 2.05) is 0 Å². The van der Waals surface area contributed by atoms with Gasteiger partial charge >= 0.3 is 0 Å². The van der Waals surface area contributed by atoms with Crippen molar-refractivity contribution in [2.45, 2.75) is 0 Å². The molecule has 0 aliphatic rings.